The van der Waals surface area contributed by atoms with Crippen molar-refractivity contribution in [2.24, 2.45) is 0 Å². The largest absolute Gasteiger partial charge is 0.382 e. The van der Waals surface area contributed by atoms with Gasteiger partial charge in [0.25, 0.3) is 5.91 Å². The number of benzene rings is 2. The molecular weight excluding hydrogens is 397 g/mol. The number of carbonyl (C=O) groups excluding carboxylic acids is 1. The van der Waals surface area contributed by atoms with Crippen LogP contribution in [0.25, 0.3) is 16.8 Å². The number of aromatic nitrogens is 3. The second kappa shape index (κ2) is 7.81. The van der Waals surface area contributed by atoms with Crippen LogP contribution in [0.2, 0.25) is 0 Å². The Morgan fingerprint density at radius 3 is 2.68 bits per heavy atom. The van der Waals surface area contributed by atoms with Gasteiger partial charge >= 0.3 is 0 Å². The second-order valence-electron chi connectivity index (χ2n) is 7.45. The molecule has 0 saturated carbocycles. The lowest BCUT2D eigenvalue weighted by molar-refractivity contribution is -0.124. The van der Waals surface area contributed by atoms with Crippen LogP contribution >= 0.6 is 0 Å². The van der Waals surface area contributed by atoms with Crippen LogP contribution in [0.5, 0.6) is 0 Å². The number of fused-ring (bicyclic) bond motifs is 1. The third kappa shape index (κ3) is 3.73. The highest BCUT2D eigenvalue weighted by molar-refractivity contribution is 5.95. The van der Waals surface area contributed by atoms with Gasteiger partial charge < -0.3 is 16.2 Å². The summed E-state index contributed by atoms with van der Waals surface area (Å²) in [6.45, 7) is 5.74. The van der Waals surface area contributed by atoms with Gasteiger partial charge in [0.15, 0.2) is 6.10 Å². The number of hydrogen-bond donors (Lipinski definition) is 3. The number of aliphatic hydroxyl groups excluding tert-OH is 1. The molecule has 7 nitrogen and oxygen atoms in total. The summed E-state index contributed by atoms with van der Waals surface area (Å²) in [4.78, 5) is 21.4. The maximum atomic E-state index is 13.4. The number of imidazole rings is 1. The lowest BCUT2D eigenvalue weighted by atomic mass is 10.0. The molecule has 0 radical (unpaired) electrons. The van der Waals surface area contributed by atoms with E-state index in [4.69, 9.17) is 5.73 Å². The molecule has 158 valence electrons. The fourth-order valence-corrected chi connectivity index (χ4v) is 3.72. The van der Waals surface area contributed by atoms with E-state index >= 15 is 0 Å². The first-order chi connectivity index (χ1) is 14.8. The van der Waals surface area contributed by atoms with Crippen LogP contribution in [0.15, 0.2) is 48.7 Å². The highest BCUT2D eigenvalue weighted by atomic mass is 19.1. The van der Waals surface area contributed by atoms with Crippen LogP contribution in [0.1, 0.15) is 28.7 Å². The summed E-state index contributed by atoms with van der Waals surface area (Å²) in [5, 5.41) is 12.9. The number of anilines is 2. The zero-order chi connectivity index (χ0) is 22.3. The minimum Gasteiger partial charge on any atom is -0.382 e. The van der Waals surface area contributed by atoms with Gasteiger partial charge in [-0.2, -0.15) is 0 Å². The SMILES string of the molecule is Cc1cc(NC(=O)[C@H](O)c2cccc(F)c2)ccc1-c1nc(C)n2c(C)cnc(N)c12. The number of nitrogens with zero attached hydrogens (tertiary/aromatic N) is 3. The number of hydrogen-bond acceptors (Lipinski definition) is 5. The third-order valence-corrected chi connectivity index (χ3v) is 5.19. The summed E-state index contributed by atoms with van der Waals surface area (Å²) in [7, 11) is 0. The Morgan fingerprint density at radius 1 is 1.19 bits per heavy atom. The Morgan fingerprint density at radius 2 is 1.97 bits per heavy atom. The van der Waals surface area contributed by atoms with Crippen molar-refractivity contribution in [3.05, 3.63) is 77.1 Å². The van der Waals surface area contributed by atoms with Crippen molar-refractivity contribution in [2.45, 2.75) is 26.9 Å². The van der Waals surface area contributed by atoms with E-state index in [1.807, 2.05) is 31.2 Å². The van der Waals surface area contributed by atoms with E-state index in [1.165, 1.54) is 18.2 Å². The normalized spacial score (nSPS) is 12.2. The van der Waals surface area contributed by atoms with Crippen LogP contribution in [0.4, 0.5) is 15.9 Å². The number of nitrogens with one attached hydrogen (secondary N) is 1. The van der Waals surface area contributed by atoms with Gasteiger partial charge in [-0.15, -0.1) is 0 Å². The van der Waals surface area contributed by atoms with E-state index in [1.54, 1.807) is 18.3 Å². The van der Waals surface area contributed by atoms with Crippen molar-refractivity contribution in [2.75, 3.05) is 11.1 Å². The lowest BCUT2D eigenvalue weighted by Crippen LogP contribution is -2.21. The smallest absolute Gasteiger partial charge is 0.257 e. The van der Waals surface area contributed by atoms with Crippen LogP contribution in [0.3, 0.4) is 0 Å². The van der Waals surface area contributed by atoms with E-state index in [0.29, 0.717) is 17.2 Å². The number of nitrogens with two attached hydrogens (primary N) is 1. The molecule has 0 aliphatic heterocycles. The van der Waals surface area contributed by atoms with Crippen molar-refractivity contribution in [1.82, 2.24) is 14.4 Å². The number of aliphatic hydroxyl groups is 1. The molecule has 2 heterocycles. The quantitative estimate of drug-likeness (QED) is 0.468. The van der Waals surface area contributed by atoms with Gasteiger partial charge in [-0.25, -0.2) is 14.4 Å². The molecule has 2 aromatic carbocycles. The topological polar surface area (TPSA) is 106 Å². The summed E-state index contributed by atoms with van der Waals surface area (Å²) >= 11 is 0. The molecular formula is C23H22FN5O2. The maximum Gasteiger partial charge on any atom is 0.257 e. The molecule has 0 aliphatic rings. The highest BCUT2D eigenvalue weighted by Gasteiger charge is 2.20. The summed E-state index contributed by atoms with van der Waals surface area (Å²) in [5.74, 6) is 0.0176. The first-order valence-electron chi connectivity index (χ1n) is 9.72. The zero-order valence-electron chi connectivity index (χ0n) is 17.3. The molecule has 0 aliphatic carbocycles. The summed E-state index contributed by atoms with van der Waals surface area (Å²) in [5.41, 5.74) is 10.9. The predicted octanol–water partition coefficient (Wildman–Crippen LogP) is 3.71. The average Bonchev–Trinajstić information content (AvgIpc) is 3.08. The number of halogens is 1. The fraction of sp³-hybridized carbons (Fsp3) is 0.174. The van der Waals surface area contributed by atoms with E-state index in [0.717, 1.165) is 34.2 Å². The Labute approximate surface area is 178 Å². The van der Waals surface area contributed by atoms with Crippen LogP contribution < -0.4 is 11.1 Å². The van der Waals surface area contributed by atoms with Gasteiger partial charge in [0, 0.05) is 23.1 Å². The molecule has 0 unspecified atom stereocenters. The molecule has 8 heteroatoms. The first kappa shape index (κ1) is 20.5. The Bertz CT molecular complexity index is 1320. The summed E-state index contributed by atoms with van der Waals surface area (Å²) in [6, 6.07) is 10.7. The number of rotatable bonds is 4. The standard InChI is InChI=1S/C23H22FN5O2/c1-12-9-17(28-23(31)21(30)15-5-4-6-16(24)10-15)7-8-18(12)19-20-22(25)26-11-13(2)29(20)14(3)27-19/h4-11,21,30H,1-3H3,(H2,25,26)(H,28,31)/t21-/m1/s1. The van der Waals surface area contributed by atoms with Gasteiger partial charge in [0.1, 0.15) is 28.7 Å². The molecule has 31 heavy (non-hydrogen) atoms. The zero-order valence-corrected chi connectivity index (χ0v) is 17.3. The van der Waals surface area contributed by atoms with E-state index < -0.39 is 17.8 Å². The van der Waals surface area contributed by atoms with Crippen molar-refractivity contribution < 1.29 is 14.3 Å². The van der Waals surface area contributed by atoms with Gasteiger partial charge in [-0.1, -0.05) is 18.2 Å². The molecule has 1 atom stereocenters. The van der Waals surface area contributed by atoms with Crippen molar-refractivity contribution in [3.8, 4) is 11.3 Å². The molecule has 4 rings (SSSR count). The maximum absolute atomic E-state index is 13.4. The number of amides is 1. The molecule has 0 spiro atoms. The lowest BCUT2D eigenvalue weighted by Gasteiger charge is -2.13. The average molecular weight is 419 g/mol. The third-order valence-electron chi connectivity index (χ3n) is 5.19. The van der Waals surface area contributed by atoms with Gasteiger partial charge in [0.2, 0.25) is 0 Å². The molecule has 4 N–H and O–H groups in total. The van der Waals surface area contributed by atoms with Crippen LogP contribution in [0, 0.1) is 26.6 Å². The van der Waals surface area contributed by atoms with Crippen LogP contribution in [-0.2, 0) is 4.79 Å². The van der Waals surface area contributed by atoms with E-state index in [2.05, 4.69) is 15.3 Å². The molecule has 0 bridgehead atoms. The summed E-state index contributed by atoms with van der Waals surface area (Å²) in [6.07, 6.45) is 0.222. The number of aryl methyl sites for hydroxylation is 3. The molecule has 2 aromatic heterocycles. The summed E-state index contributed by atoms with van der Waals surface area (Å²) < 4.78 is 15.3. The Hall–Kier alpha value is -3.78. The molecule has 0 fully saturated rings. The number of carbonyl (C=O) groups is 1. The minimum atomic E-state index is -1.48. The van der Waals surface area contributed by atoms with Crippen molar-refractivity contribution in [3.63, 3.8) is 0 Å². The van der Waals surface area contributed by atoms with Gasteiger partial charge in [-0.3, -0.25) is 9.20 Å². The Balaban J connectivity index is 1.65. The molecule has 4 aromatic rings. The minimum absolute atomic E-state index is 0.184. The highest BCUT2D eigenvalue weighted by Crippen LogP contribution is 2.32. The van der Waals surface area contributed by atoms with E-state index in [-0.39, 0.29) is 5.56 Å². The Kier molecular flexibility index (Phi) is 5.16. The fourth-order valence-electron chi connectivity index (χ4n) is 3.72. The molecule has 0 saturated heterocycles. The van der Waals surface area contributed by atoms with Gasteiger partial charge in [-0.05, 0) is 56.2 Å². The monoisotopic (exact) mass is 419 g/mol. The predicted molar refractivity (Wildman–Crippen MR) is 117 cm³/mol. The number of nitrogen functional groups attached to an aromatic ring is 1. The molecule has 1 amide bonds. The van der Waals surface area contributed by atoms with Crippen molar-refractivity contribution in [1.29, 1.82) is 0 Å². The second-order valence-corrected chi connectivity index (χ2v) is 7.45. The first-order valence-corrected chi connectivity index (χ1v) is 9.72. The van der Waals surface area contributed by atoms with Gasteiger partial charge in [0.05, 0.1) is 0 Å². The van der Waals surface area contributed by atoms with Crippen molar-refractivity contribution >= 4 is 22.9 Å². The van der Waals surface area contributed by atoms with E-state index in [9.17, 15) is 14.3 Å². The van der Waals surface area contributed by atoms with Crippen LogP contribution in [-0.4, -0.2) is 25.4 Å².